The van der Waals surface area contributed by atoms with Gasteiger partial charge in [-0.25, -0.2) is 4.68 Å². The summed E-state index contributed by atoms with van der Waals surface area (Å²) in [6.45, 7) is 0.520. The van der Waals surface area contributed by atoms with Gasteiger partial charge in [0.05, 0.1) is 34.1 Å². The van der Waals surface area contributed by atoms with Crippen molar-refractivity contribution < 1.29 is 28.5 Å². The van der Waals surface area contributed by atoms with Gasteiger partial charge in [-0.05, 0) is 30.4 Å². The average Bonchev–Trinajstić information content (AvgIpc) is 3.23. The van der Waals surface area contributed by atoms with Crippen LogP contribution in [0.2, 0.25) is 0 Å². The van der Waals surface area contributed by atoms with Crippen molar-refractivity contribution in [2.45, 2.75) is 25.2 Å². The minimum absolute atomic E-state index is 0.157. The molecule has 1 aliphatic heterocycles. The summed E-state index contributed by atoms with van der Waals surface area (Å²) in [6, 6.07) is 4.72. The number of nitrogens with zero attached hydrogens (tertiary/aromatic N) is 3. The molecule has 2 aromatic rings. The van der Waals surface area contributed by atoms with Crippen molar-refractivity contribution in [2.75, 3.05) is 27.9 Å². The van der Waals surface area contributed by atoms with Gasteiger partial charge >= 0.3 is 5.97 Å². The number of carbonyl (C=O) groups is 1. The van der Waals surface area contributed by atoms with Crippen LogP contribution in [0.15, 0.2) is 22.6 Å². The minimum atomic E-state index is -0.611. The number of rotatable bonds is 6. The molecule has 2 heterocycles. The number of methoxy groups -OCH3 is 3. The van der Waals surface area contributed by atoms with E-state index in [1.807, 2.05) is 0 Å². The molecule has 0 aliphatic carbocycles. The summed E-state index contributed by atoms with van der Waals surface area (Å²) in [5.74, 6) is 1.04. The lowest BCUT2D eigenvalue weighted by Crippen LogP contribution is -2.38. The molecule has 1 fully saturated rings. The van der Waals surface area contributed by atoms with Crippen molar-refractivity contribution in [3.05, 3.63) is 23.0 Å². The van der Waals surface area contributed by atoms with Crippen LogP contribution in [0.1, 0.15) is 6.42 Å². The van der Waals surface area contributed by atoms with E-state index in [0.29, 0.717) is 35.9 Å². The molecule has 0 bridgehead atoms. The number of benzene rings is 1. The Morgan fingerprint density at radius 3 is 2.74 bits per heavy atom. The molecule has 0 unspecified atom stereocenters. The van der Waals surface area contributed by atoms with E-state index in [4.69, 9.17) is 30.8 Å². The number of aromatic nitrogens is 2. The maximum absolute atomic E-state index is 11.9. The molecule has 9 nitrogen and oxygen atoms in total. The standard InChI is InChI=1S/C17H21N3O6S/c1-23-13-5-4-10(6-14(13)24-2)15-18-20(17(27)26-15)9-19-8-11(21)7-12(19)16(22)25-3/h4-6,11-12,21H,7-9H2,1-3H3/t11-,12-/m0/s1. The van der Waals surface area contributed by atoms with E-state index in [1.165, 1.54) is 11.8 Å². The number of ether oxygens (including phenoxy) is 3. The first-order chi connectivity index (χ1) is 13.0. The topological polar surface area (TPSA) is 99.2 Å². The first kappa shape index (κ1) is 19.3. The van der Waals surface area contributed by atoms with Crippen LogP contribution in [0.4, 0.5) is 0 Å². The normalized spacial score (nSPS) is 19.9. The maximum atomic E-state index is 11.9. The zero-order chi connectivity index (χ0) is 19.6. The van der Waals surface area contributed by atoms with Crippen molar-refractivity contribution >= 4 is 18.2 Å². The van der Waals surface area contributed by atoms with Crippen LogP contribution in [-0.2, 0) is 16.2 Å². The van der Waals surface area contributed by atoms with E-state index in [-0.39, 0.29) is 11.5 Å². The Morgan fingerprint density at radius 1 is 1.33 bits per heavy atom. The zero-order valence-corrected chi connectivity index (χ0v) is 16.1. The molecule has 3 rings (SSSR count). The molecule has 10 heteroatoms. The number of hydrogen-bond donors (Lipinski definition) is 1. The second-order valence-corrected chi connectivity index (χ2v) is 6.43. The molecule has 0 amide bonds. The molecular weight excluding hydrogens is 374 g/mol. The van der Waals surface area contributed by atoms with Crippen LogP contribution < -0.4 is 9.47 Å². The third-order valence-corrected chi connectivity index (χ3v) is 4.70. The highest BCUT2D eigenvalue weighted by Gasteiger charge is 2.37. The summed E-state index contributed by atoms with van der Waals surface area (Å²) >= 11 is 5.25. The Kier molecular flexibility index (Phi) is 5.78. The Balaban J connectivity index is 1.85. The minimum Gasteiger partial charge on any atom is -0.493 e. The predicted octanol–water partition coefficient (Wildman–Crippen LogP) is 1.46. The van der Waals surface area contributed by atoms with Crippen LogP contribution >= 0.6 is 12.2 Å². The van der Waals surface area contributed by atoms with E-state index in [9.17, 15) is 9.90 Å². The number of aliphatic hydroxyl groups excluding tert-OH is 1. The molecule has 0 saturated carbocycles. The van der Waals surface area contributed by atoms with Crippen LogP contribution in [0, 0.1) is 4.84 Å². The summed E-state index contributed by atoms with van der Waals surface area (Å²) < 4.78 is 22.4. The fourth-order valence-electron chi connectivity index (χ4n) is 3.07. The Hall–Kier alpha value is -2.43. The quantitative estimate of drug-likeness (QED) is 0.575. The SMILES string of the molecule is COC(=O)[C@@H]1C[C@H](O)CN1Cn1nc(-c2ccc(OC)c(OC)c2)oc1=S. The highest BCUT2D eigenvalue weighted by molar-refractivity contribution is 7.71. The predicted molar refractivity (Wildman–Crippen MR) is 97.0 cm³/mol. The molecule has 1 saturated heterocycles. The van der Waals surface area contributed by atoms with E-state index >= 15 is 0 Å². The summed E-state index contributed by atoms with van der Waals surface area (Å²) in [7, 11) is 4.42. The number of aliphatic hydroxyl groups is 1. The monoisotopic (exact) mass is 395 g/mol. The zero-order valence-electron chi connectivity index (χ0n) is 15.2. The van der Waals surface area contributed by atoms with Gasteiger partial charge in [-0.2, -0.15) is 0 Å². The maximum Gasteiger partial charge on any atom is 0.323 e. The smallest absolute Gasteiger partial charge is 0.323 e. The number of hydrogen-bond acceptors (Lipinski definition) is 9. The van der Waals surface area contributed by atoms with Gasteiger partial charge in [0.2, 0.25) is 5.89 Å². The number of esters is 1. The molecule has 2 atom stereocenters. The van der Waals surface area contributed by atoms with Gasteiger partial charge in [-0.1, -0.05) is 0 Å². The van der Waals surface area contributed by atoms with E-state index in [1.54, 1.807) is 37.3 Å². The van der Waals surface area contributed by atoms with Gasteiger partial charge in [0.15, 0.2) is 11.5 Å². The number of likely N-dealkylation sites (tertiary alicyclic amines) is 1. The van der Waals surface area contributed by atoms with Gasteiger partial charge in [0.1, 0.15) is 6.04 Å². The van der Waals surface area contributed by atoms with Crippen molar-refractivity contribution in [2.24, 2.45) is 0 Å². The van der Waals surface area contributed by atoms with Gasteiger partial charge in [0.25, 0.3) is 4.84 Å². The van der Waals surface area contributed by atoms with Crippen LogP contribution in [-0.4, -0.2) is 65.8 Å². The summed E-state index contributed by atoms with van der Waals surface area (Å²) in [4.78, 5) is 13.8. The van der Waals surface area contributed by atoms with Crippen LogP contribution in [0.25, 0.3) is 11.5 Å². The molecule has 1 aromatic carbocycles. The first-order valence-electron chi connectivity index (χ1n) is 8.27. The largest absolute Gasteiger partial charge is 0.493 e. The van der Waals surface area contributed by atoms with E-state index < -0.39 is 18.1 Å². The third kappa shape index (κ3) is 3.97. The van der Waals surface area contributed by atoms with Crippen LogP contribution in [0.5, 0.6) is 11.5 Å². The Labute approximate surface area is 161 Å². The average molecular weight is 395 g/mol. The fourth-order valence-corrected chi connectivity index (χ4v) is 3.25. The second-order valence-electron chi connectivity index (χ2n) is 6.08. The van der Waals surface area contributed by atoms with Crippen molar-refractivity contribution in [1.82, 2.24) is 14.7 Å². The van der Waals surface area contributed by atoms with Gasteiger partial charge < -0.3 is 23.7 Å². The van der Waals surface area contributed by atoms with Gasteiger partial charge in [-0.15, -0.1) is 5.10 Å². The third-order valence-electron chi connectivity index (χ3n) is 4.41. The second kappa shape index (κ2) is 8.07. The molecule has 0 radical (unpaired) electrons. The molecule has 1 aliphatic rings. The highest BCUT2D eigenvalue weighted by atomic mass is 32.1. The molecule has 1 N–H and O–H groups in total. The Bertz CT molecular complexity index is 880. The fraction of sp³-hybridized carbons (Fsp3) is 0.471. The molecule has 0 spiro atoms. The number of β-amino-alcohol motifs (C(OH)–C–C–N with tert-alkyl or cyclic N) is 1. The molecular formula is C17H21N3O6S. The summed E-state index contributed by atoms with van der Waals surface area (Å²) in [5, 5.41) is 14.3. The van der Waals surface area contributed by atoms with Crippen molar-refractivity contribution in [3.63, 3.8) is 0 Å². The van der Waals surface area contributed by atoms with Crippen molar-refractivity contribution in [1.29, 1.82) is 0 Å². The molecule has 146 valence electrons. The summed E-state index contributed by atoms with van der Waals surface area (Å²) in [5.41, 5.74) is 0.670. The molecule has 27 heavy (non-hydrogen) atoms. The lowest BCUT2D eigenvalue weighted by molar-refractivity contribution is -0.146. The number of carbonyl (C=O) groups excluding carboxylic acids is 1. The lowest BCUT2D eigenvalue weighted by Gasteiger charge is -2.21. The first-order valence-corrected chi connectivity index (χ1v) is 8.68. The highest BCUT2D eigenvalue weighted by Crippen LogP contribution is 2.32. The Morgan fingerprint density at radius 2 is 2.07 bits per heavy atom. The van der Waals surface area contributed by atoms with E-state index in [2.05, 4.69) is 5.10 Å². The van der Waals surface area contributed by atoms with Crippen molar-refractivity contribution in [3.8, 4) is 23.0 Å². The van der Waals surface area contributed by atoms with Gasteiger partial charge in [0, 0.05) is 18.5 Å². The lowest BCUT2D eigenvalue weighted by atomic mass is 10.2. The summed E-state index contributed by atoms with van der Waals surface area (Å²) in [6.07, 6.45) is -0.305. The van der Waals surface area contributed by atoms with Crippen LogP contribution in [0.3, 0.4) is 0 Å². The van der Waals surface area contributed by atoms with E-state index in [0.717, 1.165) is 0 Å². The molecule has 1 aromatic heterocycles. The van der Waals surface area contributed by atoms with Gasteiger partial charge in [-0.3, -0.25) is 9.69 Å².